The van der Waals surface area contributed by atoms with Crippen molar-refractivity contribution in [1.29, 1.82) is 0 Å². The summed E-state index contributed by atoms with van der Waals surface area (Å²) in [5.41, 5.74) is 2.38. The number of alkyl halides is 3. The predicted molar refractivity (Wildman–Crippen MR) is 109 cm³/mol. The molecule has 0 saturated carbocycles. The van der Waals surface area contributed by atoms with Crippen LogP contribution in [0, 0.1) is 0 Å². The van der Waals surface area contributed by atoms with E-state index in [-0.39, 0.29) is 11.5 Å². The summed E-state index contributed by atoms with van der Waals surface area (Å²) >= 11 is 0. The van der Waals surface area contributed by atoms with Gasteiger partial charge in [-0.2, -0.15) is 13.2 Å². The Morgan fingerprint density at radius 2 is 1.07 bits per heavy atom. The number of aromatic nitrogens is 1. The van der Waals surface area contributed by atoms with E-state index >= 15 is 0 Å². The van der Waals surface area contributed by atoms with Crippen LogP contribution < -0.4 is 0 Å². The Kier molecular flexibility index (Phi) is 4.91. The summed E-state index contributed by atoms with van der Waals surface area (Å²) in [6.07, 6.45) is -4.45. The largest absolute Gasteiger partial charge is 0.508 e. The molecule has 0 unspecified atom stereocenters. The lowest BCUT2D eigenvalue weighted by atomic mass is 9.98. The van der Waals surface area contributed by atoms with Gasteiger partial charge in [-0.05, 0) is 59.7 Å². The Bertz CT molecular complexity index is 1160. The maximum Gasteiger partial charge on any atom is 0.416 e. The van der Waals surface area contributed by atoms with Crippen molar-refractivity contribution in [2.75, 3.05) is 0 Å². The first-order chi connectivity index (χ1) is 14.3. The van der Waals surface area contributed by atoms with Crippen molar-refractivity contribution in [3.05, 3.63) is 90.5 Å². The molecule has 4 aromatic rings. The van der Waals surface area contributed by atoms with Crippen LogP contribution in [0.25, 0.3) is 33.6 Å². The Labute approximate surface area is 170 Å². The van der Waals surface area contributed by atoms with Gasteiger partial charge in [0.1, 0.15) is 11.5 Å². The van der Waals surface area contributed by atoms with E-state index in [0.29, 0.717) is 33.6 Å². The zero-order chi connectivity index (χ0) is 21.3. The van der Waals surface area contributed by atoms with Crippen LogP contribution in [0.5, 0.6) is 11.5 Å². The highest BCUT2D eigenvalue weighted by atomic mass is 19.4. The molecule has 1 aromatic heterocycles. The predicted octanol–water partition coefficient (Wildman–Crippen LogP) is 6.51. The molecule has 0 aliphatic carbocycles. The fraction of sp³-hybridized carbons (Fsp3) is 0.0417. The molecule has 0 radical (unpaired) electrons. The van der Waals surface area contributed by atoms with E-state index < -0.39 is 11.7 Å². The van der Waals surface area contributed by atoms with Crippen molar-refractivity contribution in [3.8, 4) is 45.1 Å². The molecular weight excluding hydrogens is 391 g/mol. The van der Waals surface area contributed by atoms with Crippen molar-refractivity contribution >= 4 is 0 Å². The zero-order valence-corrected chi connectivity index (χ0v) is 15.6. The van der Waals surface area contributed by atoms with Gasteiger partial charge in [0.2, 0.25) is 0 Å². The van der Waals surface area contributed by atoms with E-state index in [9.17, 15) is 23.4 Å². The van der Waals surface area contributed by atoms with E-state index in [1.165, 1.54) is 30.3 Å². The number of hydrogen-bond donors (Lipinski definition) is 2. The third-order valence-corrected chi connectivity index (χ3v) is 4.63. The number of rotatable bonds is 3. The lowest BCUT2D eigenvalue weighted by molar-refractivity contribution is -0.137. The summed E-state index contributed by atoms with van der Waals surface area (Å²) < 4.78 is 39.6. The summed E-state index contributed by atoms with van der Waals surface area (Å²) in [6.45, 7) is 0. The van der Waals surface area contributed by atoms with Crippen LogP contribution in [-0.2, 0) is 6.18 Å². The highest BCUT2D eigenvalue weighted by Gasteiger charge is 2.30. The molecule has 0 bridgehead atoms. The number of halogens is 3. The monoisotopic (exact) mass is 407 g/mol. The van der Waals surface area contributed by atoms with Crippen LogP contribution >= 0.6 is 0 Å². The number of pyridine rings is 1. The number of aromatic hydroxyl groups is 2. The second-order valence-electron chi connectivity index (χ2n) is 6.81. The SMILES string of the molecule is Oc1cccc(-c2cc(-c3cccc(C(F)(F)F)c3)cc(-c3cccc(O)c3)n2)c1. The second-order valence-corrected chi connectivity index (χ2v) is 6.81. The summed E-state index contributed by atoms with van der Waals surface area (Å²) in [7, 11) is 0. The molecule has 0 aliphatic heterocycles. The minimum atomic E-state index is -4.45. The maximum atomic E-state index is 13.2. The van der Waals surface area contributed by atoms with Crippen LogP contribution in [0.4, 0.5) is 13.2 Å². The van der Waals surface area contributed by atoms with Crippen LogP contribution in [0.3, 0.4) is 0 Å². The van der Waals surface area contributed by atoms with Gasteiger partial charge in [0.25, 0.3) is 0 Å². The average molecular weight is 407 g/mol. The van der Waals surface area contributed by atoms with Crippen molar-refractivity contribution in [2.45, 2.75) is 6.18 Å². The minimum Gasteiger partial charge on any atom is -0.508 e. The number of benzene rings is 3. The fourth-order valence-corrected chi connectivity index (χ4v) is 3.20. The minimum absolute atomic E-state index is 0.0534. The molecule has 0 amide bonds. The lowest BCUT2D eigenvalue weighted by Crippen LogP contribution is -2.04. The van der Waals surface area contributed by atoms with Gasteiger partial charge in [0.15, 0.2) is 0 Å². The highest BCUT2D eigenvalue weighted by Crippen LogP contribution is 2.35. The number of nitrogens with zero attached hydrogens (tertiary/aromatic N) is 1. The molecule has 1 heterocycles. The Balaban J connectivity index is 1.92. The van der Waals surface area contributed by atoms with Crippen LogP contribution in [0.2, 0.25) is 0 Å². The second kappa shape index (κ2) is 7.55. The first-order valence-electron chi connectivity index (χ1n) is 9.08. The van der Waals surface area contributed by atoms with Crippen LogP contribution in [0.1, 0.15) is 5.56 Å². The highest BCUT2D eigenvalue weighted by molar-refractivity contribution is 5.77. The Hall–Kier alpha value is -3.80. The van der Waals surface area contributed by atoms with Gasteiger partial charge in [0, 0.05) is 11.1 Å². The molecule has 150 valence electrons. The molecule has 0 aliphatic rings. The van der Waals surface area contributed by atoms with Crippen LogP contribution in [-0.4, -0.2) is 15.2 Å². The molecule has 30 heavy (non-hydrogen) atoms. The molecule has 0 atom stereocenters. The van der Waals surface area contributed by atoms with E-state index in [2.05, 4.69) is 4.98 Å². The molecule has 6 heteroatoms. The van der Waals surface area contributed by atoms with Gasteiger partial charge in [-0.3, -0.25) is 0 Å². The van der Waals surface area contributed by atoms with Crippen molar-refractivity contribution in [1.82, 2.24) is 4.98 Å². The Morgan fingerprint density at radius 1 is 0.567 bits per heavy atom. The molecule has 3 nitrogen and oxygen atoms in total. The van der Waals surface area contributed by atoms with Gasteiger partial charge in [-0.25, -0.2) is 4.98 Å². The summed E-state index contributed by atoms with van der Waals surface area (Å²) in [5.74, 6) is 0.107. The first kappa shape index (κ1) is 19.5. The third-order valence-electron chi connectivity index (χ3n) is 4.63. The van der Waals surface area contributed by atoms with E-state index in [0.717, 1.165) is 12.1 Å². The molecule has 2 N–H and O–H groups in total. The topological polar surface area (TPSA) is 53.4 Å². The van der Waals surface area contributed by atoms with Gasteiger partial charge in [0.05, 0.1) is 17.0 Å². The molecule has 4 rings (SSSR count). The first-order valence-corrected chi connectivity index (χ1v) is 9.08. The molecule has 0 saturated heterocycles. The van der Waals surface area contributed by atoms with E-state index in [1.54, 1.807) is 42.5 Å². The van der Waals surface area contributed by atoms with E-state index in [1.807, 2.05) is 0 Å². The lowest BCUT2D eigenvalue weighted by Gasteiger charge is -2.12. The summed E-state index contributed by atoms with van der Waals surface area (Å²) in [5, 5.41) is 19.6. The molecule has 0 spiro atoms. The van der Waals surface area contributed by atoms with Crippen molar-refractivity contribution in [2.24, 2.45) is 0 Å². The normalized spacial score (nSPS) is 11.4. The number of hydrogen-bond acceptors (Lipinski definition) is 3. The quantitative estimate of drug-likeness (QED) is 0.407. The number of phenolic OH excluding ortho intramolecular Hbond substituents is 2. The standard InChI is InChI=1S/C24H16F3NO2/c25-24(26,27)19-7-1-4-15(10-19)18-13-22(16-5-2-8-20(29)11-16)28-23(14-18)17-6-3-9-21(30)12-17/h1-14,29-30H. The fourth-order valence-electron chi connectivity index (χ4n) is 3.20. The van der Waals surface area contributed by atoms with Gasteiger partial charge in [-0.1, -0.05) is 36.4 Å². The molecule has 3 aromatic carbocycles. The zero-order valence-electron chi connectivity index (χ0n) is 15.6. The summed E-state index contributed by atoms with van der Waals surface area (Å²) in [6, 6.07) is 21.4. The molecular formula is C24H16F3NO2. The third kappa shape index (κ3) is 4.12. The van der Waals surface area contributed by atoms with E-state index in [4.69, 9.17) is 0 Å². The maximum absolute atomic E-state index is 13.2. The van der Waals surface area contributed by atoms with Crippen LogP contribution in [0.15, 0.2) is 84.9 Å². The summed E-state index contributed by atoms with van der Waals surface area (Å²) in [4.78, 5) is 4.61. The van der Waals surface area contributed by atoms with Crippen molar-refractivity contribution in [3.63, 3.8) is 0 Å². The Morgan fingerprint density at radius 3 is 1.57 bits per heavy atom. The van der Waals surface area contributed by atoms with Crippen molar-refractivity contribution < 1.29 is 23.4 Å². The number of phenols is 2. The van der Waals surface area contributed by atoms with Gasteiger partial charge >= 0.3 is 6.18 Å². The van der Waals surface area contributed by atoms with Gasteiger partial charge in [-0.15, -0.1) is 0 Å². The van der Waals surface area contributed by atoms with Gasteiger partial charge < -0.3 is 10.2 Å². The smallest absolute Gasteiger partial charge is 0.416 e. The molecule has 0 fully saturated rings. The average Bonchev–Trinajstić information content (AvgIpc) is 2.73.